The van der Waals surface area contributed by atoms with Gasteiger partial charge in [-0.3, -0.25) is 19.7 Å². The molecule has 3 aromatic rings. The first-order valence-corrected chi connectivity index (χ1v) is 9.72. The van der Waals surface area contributed by atoms with Crippen molar-refractivity contribution in [1.29, 1.82) is 0 Å². The maximum absolute atomic E-state index is 14.1. The second kappa shape index (κ2) is 8.35. The molecule has 10 heteroatoms. The van der Waals surface area contributed by atoms with Crippen LogP contribution < -0.4 is 5.32 Å². The fraction of sp³-hybridized carbons (Fsp3) is 0.0909. The average molecular weight is 458 g/mol. The van der Waals surface area contributed by atoms with Gasteiger partial charge in [-0.1, -0.05) is 23.7 Å². The Hall–Kier alpha value is -3.85. The molecule has 1 aliphatic heterocycles. The van der Waals surface area contributed by atoms with Gasteiger partial charge in [0.05, 0.1) is 11.0 Å². The number of halogens is 3. The van der Waals surface area contributed by atoms with Gasteiger partial charge in [-0.15, -0.1) is 0 Å². The second-order valence-electron chi connectivity index (χ2n) is 7.09. The van der Waals surface area contributed by atoms with Crippen LogP contribution in [0.1, 0.15) is 27.5 Å². The van der Waals surface area contributed by atoms with Crippen LogP contribution in [0.15, 0.2) is 60.7 Å². The first-order valence-electron chi connectivity index (χ1n) is 9.34. The van der Waals surface area contributed by atoms with Crippen molar-refractivity contribution < 1.29 is 23.3 Å². The number of hydrogen-bond donors (Lipinski definition) is 1. The lowest BCUT2D eigenvalue weighted by Gasteiger charge is -2.30. The maximum atomic E-state index is 14.1. The number of nitrogens with zero attached hydrogens (tertiary/aromatic N) is 2. The predicted molar refractivity (Wildman–Crippen MR) is 112 cm³/mol. The molecule has 32 heavy (non-hydrogen) atoms. The van der Waals surface area contributed by atoms with Gasteiger partial charge >= 0.3 is 0 Å². The molecule has 0 aliphatic carbocycles. The number of hydrogen-bond acceptors (Lipinski definition) is 4. The van der Waals surface area contributed by atoms with Gasteiger partial charge in [0.25, 0.3) is 11.6 Å². The molecule has 1 heterocycles. The number of benzene rings is 3. The van der Waals surface area contributed by atoms with Crippen molar-refractivity contribution in [3.8, 4) is 0 Å². The van der Waals surface area contributed by atoms with E-state index in [9.17, 15) is 28.5 Å². The van der Waals surface area contributed by atoms with Crippen molar-refractivity contribution in [1.82, 2.24) is 4.90 Å². The Balaban J connectivity index is 1.89. The number of nitro benzene ring substituents is 1. The summed E-state index contributed by atoms with van der Waals surface area (Å²) in [5, 5.41) is 13.7. The maximum Gasteiger partial charge on any atom is 0.288 e. The molecule has 162 valence electrons. The third kappa shape index (κ3) is 4.02. The van der Waals surface area contributed by atoms with E-state index < -0.39 is 46.6 Å². The fourth-order valence-corrected chi connectivity index (χ4v) is 3.81. The van der Waals surface area contributed by atoms with Crippen LogP contribution in [0.2, 0.25) is 5.02 Å². The van der Waals surface area contributed by atoms with Crippen molar-refractivity contribution >= 4 is 34.8 Å². The number of nitro groups is 1. The third-order valence-corrected chi connectivity index (χ3v) is 5.36. The number of anilines is 1. The number of nitrogens with one attached hydrogen (secondary N) is 1. The lowest BCUT2D eigenvalue weighted by Crippen LogP contribution is -2.39. The van der Waals surface area contributed by atoms with Crippen LogP contribution in [-0.4, -0.2) is 28.2 Å². The Morgan fingerprint density at radius 1 is 1.06 bits per heavy atom. The minimum absolute atomic E-state index is 0.0825. The first-order chi connectivity index (χ1) is 15.2. The van der Waals surface area contributed by atoms with Gasteiger partial charge < -0.3 is 10.2 Å². The van der Waals surface area contributed by atoms with E-state index in [1.807, 2.05) is 0 Å². The molecule has 0 saturated carbocycles. The molecule has 0 saturated heterocycles. The van der Waals surface area contributed by atoms with E-state index in [2.05, 4.69) is 5.32 Å². The van der Waals surface area contributed by atoms with E-state index in [0.717, 1.165) is 11.0 Å². The molecular weight excluding hydrogens is 444 g/mol. The van der Waals surface area contributed by atoms with Crippen LogP contribution in [0, 0.1) is 21.7 Å². The van der Waals surface area contributed by atoms with Crippen LogP contribution in [0.5, 0.6) is 0 Å². The van der Waals surface area contributed by atoms with E-state index in [1.54, 1.807) is 0 Å². The monoisotopic (exact) mass is 457 g/mol. The van der Waals surface area contributed by atoms with Crippen molar-refractivity contribution in [2.75, 3.05) is 11.9 Å². The summed E-state index contributed by atoms with van der Waals surface area (Å²) in [6.07, 6.45) is 0. The van der Waals surface area contributed by atoms with Crippen LogP contribution in [0.3, 0.4) is 0 Å². The van der Waals surface area contributed by atoms with Crippen molar-refractivity contribution in [2.45, 2.75) is 6.04 Å². The highest BCUT2D eigenvalue weighted by Crippen LogP contribution is 2.37. The van der Waals surface area contributed by atoms with E-state index in [1.165, 1.54) is 54.6 Å². The van der Waals surface area contributed by atoms with Crippen LogP contribution in [0.4, 0.5) is 20.2 Å². The largest absolute Gasteiger partial charge is 0.324 e. The first kappa shape index (κ1) is 21.4. The van der Waals surface area contributed by atoms with Gasteiger partial charge in [0.1, 0.15) is 23.2 Å². The number of fused-ring (bicyclic) bond motifs is 1. The molecule has 2 amide bonds. The summed E-state index contributed by atoms with van der Waals surface area (Å²) in [6, 6.07) is 11.5. The van der Waals surface area contributed by atoms with Gasteiger partial charge in [0.15, 0.2) is 0 Å². The highest BCUT2D eigenvalue weighted by atomic mass is 35.5. The third-order valence-electron chi connectivity index (χ3n) is 5.04. The van der Waals surface area contributed by atoms with Crippen molar-refractivity contribution in [2.24, 2.45) is 0 Å². The average Bonchev–Trinajstić information content (AvgIpc) is 2.89. The molecule has 1 atom stereocenters. The highest BCUT2D eigenvalue weighted by molar-refractivity contribution is 6.32. The lowest BCUT2D eigenvalue weighted by atomic mass is 9.95. The lowest BCUT2D eigenvalue weighted by molar-refractivity contribution is -0.384. The molecule has 7 nitrogen and oxygen atoms in total. The summed E-state index contributed by atoms with van der Waals surface area (Å²) in [4.78, 5) is 37.7. The predicted octanol–water partition coefficient (Wildman–Crippen LogP) is 4.71. The Labute approximate surface area is 185 Å². The Morgan fingerprint density at radius 3 is 2.44 bits per heavy atom. The summed E-state index contributed by atoms with van der Waals surface area (Å²) in [7, 11) is 0. The Bertz CT molecular complexity index is 1250. The molecule has 3 aromatic carbocycles. The number of rotatable bonds is 3. The van der Waals surface area contributed by atoms with Gasteiger partial charge in [-0.05, 0) is 48.0 Å². The molecule has 1 N–H and O–H groups in total. The van der Waals surface area contributed by atoms with Crippen LogP contribution >= 0.6 is 11.6 Å². The van der Waals surface area contributed by atoms with Gasteiger partial charge in [0.2, 0.25) is 5.91 Å². The summed E-state index contributed by atoms with van der Waals surface area (Å²) >= 11 is 5.85. The standard InChI is InChI=1S/C22H14ClF2N3O4/c23-17-7-3-13(9-19(17)28(31)32)22(30)27-11-20(29)26-18-8-6-15(25)10-16(18)21(27)12-1-4-14(24)5-2-12/h1-10,21H,11H2,(H,26,29)/t21-/m1/s1. The van der Waals surface area contributed by atoms with Crippen LogP contribution in [0.25, 0.3) is 0 Å². The SMILES string of the molecule is O=C1CN(C(=O)c2ccc(Cl)c([N+](=O)[O-])c2)[C@H](c2ccc(F)cc2)c2cc(F)ccc2N1. The topological polar surface area (TPSA) is 92.5 Å². The van der Waals surface area contributed by atoms with Crippen molar-refractivity contribution in [3.63, 3.8) is 0 Å². The normalized spacial score (nSPS) is 15.5. The van der Waals surface area contributed by atoms with E-state index in [4.69, 9.17) is 11.6 Å². The van der Waals surface area contributed by atoms with E-state index >= 15 is 0 Å². The highest BCUT2D eigenvalue weighted by Gasteiger charge is 2.35. The summed E-state index contributed by atoms with van der Waals surface area (Å²) < 4.78 is 27.7. The fourth-order valence-electron chi connectivity index (χ4n) is 3.62. The van der Waals surface area contributed by atoms with E-state index in [0.29, 0.717) is 11.3 Å². The van der Waals surface area contributed by atoms with Gasteiger partial charge in [-0.2, -0.15) is 0 Å². The summed E-state index contributed by atoms with van der Waals surface area (Å²) in [6.45, 7) is -0.423. The molecule has 0 spiro atoms. The van der Waals surface area contributed by atoms with Crippen LogP contribution in [-0.2, 0) is 4.79 Å². The zero-order valence-electron chi connectivity index (χ0n) is 16.2. The zero-order valence-corrected chi connectivity index (χ0v) is 17.0. The molecular formula is C22H14ClF2N3O4. The molecule has 0 fully saturated rings. The minimum Gasteiger partial charge on any atom is -0.324 e. The number of carbonyl (C=O) groups is 2. The molecule has 0 aromatic heterocycles. The Morgan fingerprint density at radius 2 is 1.75 bits per heavy atom. The molecule has 0 radical (unpaired) electrons. The second-order valence-corrected chi connectivity index (χ2v) is 7.50. The van der Waals surface area contributed by atoms with Crippen molar-refractivity contribution in [3.05, 3.63) is 104 Å². The summed E-state index contributed by atoms with van der Waals surface area (Å²) in [5.41, 5.74) is 0.441. The summed E-state index contributed by atoms with van der Waals surface area (Å²) in [5.74, 6) is -2.37. The number of carbonyl (C=O) groups excluding carboxylic acids is 2. The van der Waals surface area contributed by atoms with E-state index in [-0.39, 0.29) is 16.1 Å². The molecule has 0 unspecified atom stereocenters. The Kier molecular flexibility index (Phi) is 5.58. The molecule has 4 rings (SSSR count). The quantitative estimate of drug-likeness (QED) is 0.455. The van der Waals surface area contributed by atoms with Gasteiger partial charge in [-0.25, -0.2) is 8.78 Å². The smallest absolute Gasteiger partial charge is 0.288 e. The minimum atomic E-state index is -0.970. The zero-order chi connectivity index (χ0) is 23.0. The van der Waals surface area contributed by atoms with Gasteiger partial charge in [0, 0.05) is 22.9 Å². The molecule has 0 bridgehead atoms. The number of amides is 2. The molecule has 1 aliphatic rings.